The van der Waals surface area contributed by atoms with Gasteiger partial charge >= 0.3 is 0 Å². The zero-order chi connectivity index (χ0) is 16.4. The standard InChI is InChI=1S/C17H22N4O2.ClH/c1-12-6-7-21(13(8-12)9-18)16(22)10-20-11-19-15-5-3-2-4-14(15)17(20)23;/h2-5,11-13H,6-10,18H2,1H3;1H. The van der Waals surface area contributed by atoms with Crippen LogP contribution in [0, 0.1) is 5.92 Å². The molecule has 3 rings (SSSR count). The van der Waals surface area contributed by atoms with Gasteiger partial charge in [0.25, 0.3) is 5.56 Å². The van der Waals surface area contributed by atoms with Crippen LogP contribution in [0.3, 0.4) is 0 Å². The van der Waals surface area contributed by atoms with Crippen LogP contribution in [0.4, 0.5) is 0 Å². The van der Waals surface area contributed by atoms with E-state index in [1.807, 2.05) is 11.0 Å². The molecular formula is C17H23ClN4O2. The number of likely N-dealkylation sites (tertiary alicyclic amines) is 1. The summed E-state index contributed by atoms with van der Waals surface area (Å²) in [6.45, 7) is 3.36. The molecule has 2 heterocycles. The Balaban J connectivity index is 0.00000208. The Kier molecular flexibility index (Phi) is 5.96. The molecule has 1 amide bonds. The molecule has 1 aliphatic heterocycles. The number of hydrogen-bond acceptors (Lipinski definition) is 4. The number of nitrogens with zero attached hydrogens (tertiary/aromatic N) is 3. The highest BCUT2D eigenvalue weighted by molar-refractivity contribution is 5.85. The molecule has 2 aromatic rings. The van der Waals surface area contributed by atoms with E-state index in [0.29, 0.717) is 29.9 Å². The number of nitrogens with two attached hydrogens (primary N) is 1. The molecule has 0 aliphatic carbocycles. The van der Waals surface area contributed by atoms with Gasteiger partial charge in [-0.2, -0.15) is 0 Å². The van der Waals surface area contributed by atoms with Crippen molar-refractivity contribution in [3.8, 4) is 0 Å². The van der Waals surface area contributed by atoms with Crippen molar-refractivity contribution in [3.05, 3.63) is 40.9 Å². The van der Waals surface area contributed by atoms with E-state index in [9.17, 15) is 9.59 Å². The highest BCUT2D eigenvalue weighted by atomic mass is 35.5. The van der Waals surface area contributed by atoms with Crippen LogP contribution in [0.25, 0.3) is 10.9 Å². The summed E-state index contributed by atoms with van der Waals surface area (Å²) >= 11 is 0. The smallest absolute Gasteiger partial charge is 0.261 e. The first-order valence-electron chi connectivity index (χ1n) is 8.04. The number of halogens is 1. The fourth-order valence-electron chi connectivity index (χ4n) is 3.26. The third-order valence-corrected chi connectivity index (χ3v) is 4.61. The van der Waals surface area contributed by atoms with Gasteiger partial charge in [-0.25, -0.2) is 4.98 Å². The second-order valence-electron chi connectivity index (χ2n) is 6.30. The molecular weight excluding hydrogens is 328 g/mol. The molecule has 2 N–H and O–H groups in total. The zero-order valence-electron chi connectivity index (χ0n) is 13.7. The number of para-hydroxylation sites is 1. The number of carbonyl (C=O) groups excluding carboxylic acids is 1. The summed E-state index contributed by atoms with van der Waals surface area (Å²) in [5.74, 6) is 0.518. The predicted molar refractivity (Wildman–Crippen MR) is 96.2 cm³/mol. The van der Waals surface area contributed by atoms with Crippen LogP contribution in [-0.4, -0.2) is 39.5 Å². The Hall–Kier alpha value is -1.92. The largest absolute Gasteiger partial charge is 0.337 e. The van der Waals surface area contributed by atoms with Gasteiger partial charge in [0.1, 0.15) is 6.54 Å². The third-order valence-electron chi connectivity index (χ3n) is 4.61. The number of aromatic nitrogens is 2. The molecule has 0 spiro atoms. The Morgan fingerprint density at radius 3 is 2.88 bits per heavy atom. The molecule has 1 aliphatic rings. The highest BCUT2D eigenvalue weighted by Gasteiger charge is 2.29. The van der Waals surface area contributed by atoms with E-state index in [-0.39, 0.29) is 36.5 Å². The van der Waals surface area contributed by atoms with E-state index in [4.69, 9.17) is 5.73 Å². The normalized spacial score (nSPS) is 20.7. The maximum absolute atomic E-state index is 12.6. The predicted octanol–water partition coefficient (Wildman–Crippen LogP) is 1.40. The van der Waals surface area contributed by atoms with Crippen molar-refractivity contribution in [2.45, 2.75) is 32.4 Å². The first-order chi connectivity index (χ1) is 11.1. The van der Waals surface area contributed by atoms with Gasteiger partial charge in [0.2, 0.25) is 5.91 Å². The fourth-order valence-corrected chi connectivity index (χ4v) is 3.26. The van der Waals surface area contributed by atoms with E-state index in [1.165, 1.54) is 10.9 Å². The monoisotopic (exact) mass is 350 g/mol. The lowest BCUT2D eigenvalue weighted by Crippen LogP contribution is -2.50. The Bertz CT molecular complexity index is 777. The maximum atomic E-state index is 12.6. The van der Waals surface area contributed by atoms with Crippen molar-refractivity contribution < 1.29 is 4.79 Å². The second kappa shape index (κ2) is 7.77. The molecule has 0 bridgehead atoms. The summed E-state index contributed by atoms with van der Waals surface area (Å²) in [5.41, 5.74) is 6.28. The highest BCUT2D eigenvalue weighted by Crippen LogP contribution is 2.22. The number of carbonyl (C=O) groups is 1. The van der Waals surface area contributed by atoms with Crippen LogP contribution < -0.4 is 11.3 Å². The van der Waals surface area contributed by atoms with Gasteiger partial charge < -0.3 is 10.6 Å². The average Bonchev–Trinajstić information content (AvgIpc) is 2.57. The van der Waals surface area contributed by atoms with Crippen LogP contribution in [0.5, 0.6) is 0 Å². The molecule has 0 saturated carbocycles. The van der Waals surface area contributed by atoms with E-state index >= 15 is 0 Å². The number of benzene rings is 1. The van der Waals surface area contributed by atoms with E-state index < -0.39 is 0 Å². The summed E-state index contributed by atoms with van der Waals surface area (Å²) in [4.78, 5) is 31.2. The van der Waals surface area contributed by atoms with Gasteiger partial charge in [0.15, 0.2) is 0 Å². The molecule has 1 fully saturated rings. The molecule has 2 unspecified atom stereocenters. The lowest BCUT2D eigenvalue weighted by Gasteiger charge is -2.38. The number of rotatable bonds is 3. The molecule has 1 aromatic carbocycles. The molecule has 0 radical (unpaired) electrons. The van der Waals surface area contributed by atoms with Crippen molar-refractivity contribution in [2.24, 2.45) is 11.7 Å². The molecule has 1 saturated heterocycles. The minimum atomic E-state index is -0.182. The minimum Gasteiger partial charge on any atom is -0.337 e. The molecule has 2 atom stereocenters. The quantitative estimate of drug-likeness (QED) is 0.907. The van der Waals surface area contributed by atoms with Gasteiger partial charge in [-0.3, -0.25) is 14.2 Å². The fraction of sp³-hybridized carbons (Fsp3) is 0.471. The Morgan fingerprint density at radius 2 is 2.12 bits per heavy atom. The van der Waals surface area contributed by atoms with Gasteiger partial charge in [-0.15, -0.1) is 12.4 Å². The summed E-state index contributed by atoms with van der Waals surface area (Å²) in [5, 5.41) is 0.533. The molecule has 6 nitrogen and oxygen atoms in total. The zero-order valence-corrected chi connectivity index (χ0v) is 14.5. The van der Waals surface area contributed by atoms with Gasteiger partial charge in [0, 0.05) is 19.1 Å². The summed E-state index contributed by atoms with van der Waals surface area (Å²) in [6.07, 6.45) is 3.35. The number of piperidine rings is 1. The Morgan fingerprint density at radius 1 is 1.38 bits per heavy atom. The first-order valence-corrected chi connectivity index (χ1v) is 8.04. The first kappa shape index (κ1) is 18.4. The summed E-state index contributed by atoms with van der Waals surface area (Å²) < 4.78 is 1.39. The molecule has 130 valence electrons. The van der Waals surface area contributed by atoms with E-state index in [1.54, 1.807) is 18.2 Å². The number of amides is 1. The average molecular weight is 351 g/mol. The van der Waals surface area contributed by atoms with Crippen molar-refractivity contribution in [3.63, 3.8) is 0 Å². The van der Waals surface area contributed by atoms with E-state index in [2.05, 4.69) is 11.9 Å². The van der Waals surface area contributed by atoms with Crippen molar-refractivity contribution >= 4 is 29.2 Å². The van der Waals surface area contributed by atoms with Crippen molar-refractivity contribution in [1.82, 2.24) is 14.5 Å². The summed E-state index contributed by atoms with van der Waals surface area (Å²) in [7, 11) is 0. The van der Waals surface area contributed by atoms with Crippen LogP contribution in [0.15, 0.2) is 35.4 Å². The second-order valence-corrected chi connectivity index (χ2v) is 6.30. The van der Waals surface area contributed by atoms with Crippen LogP contribution in [0.1, 0.15) is 19.8 Å². The number of fused-ring (bicyclic) bond motifs is 1. The van der Waals surface area contributed by atoms with Gasteiger partial charge in [-0.05, 0) is 30.9 Å². The van der Waals surface area contributed by atoms with Crippen LogP contribution >= 0.6 is 12.4 Å². The van der Waals surface area contributed by atoms with Crippen molar-refractivity contribution in [1.29, 1.82) is 0 Å². The Labute approximate surface area is 147 Å². The van der Waals surface area contributed by atoms with E-state index in [0.717, 1.165) is 12.8 Å². The molecule has 1 aromatic heterocycles. The van der Waals surface area contributed by atoms with Gasteiger partial charge in [0.05, 0.1) is 17.2 Å². The SMILES string of the molecule is CC1CCN(C(=O)Cn2cnc3ccccc3c2=O)C(CN)C1.Cl. The topological polar surface area (TPSA) is 81.2 Å². The summed E-state index contributed by atoms with van der Waals surface area (Å²) in [6, 6.07) is 7.23. The number of hydrogen-bond donors (Lipinski definition) is 1. The van der Waals surface area contributed by atoms with Crippen LogP contribution in [-0.2, 0) is 11.3 Å². The lowest BCUT2D eigenvalue weighted by molar-refractivity contribution is -0.136. The minimum absolute atomic E-state index is 0. The maximum Gasteiger partial charge on any atom is 0.261 e. The van der Waals surface area contributed by atoms with Crippen molar-refractivity contribution in [2.75, 3.05) is 13.1 Å². The lowest BCUT2D eigenvalue weighted by atomic mass is 9.92. The van der Waals surface area contributed by atoms with Crippen LogP contribution in [0.2, 0.25) is 0 Å². The van der Waals surface area contributed by atoms with Gasteiger partial charge in [-0.1, -0.05) is 19.1 Å². The molecule has 24 heavy (non-hydrogen) atoms. The third kappa shape index (κ3) is 3.60. The molecule has 7 heteroatoms.